The summed E-state index contributed by atoms with van der Waals surface area (Å²) in [6.07, 6.45) is 2.28. The molecule has 0 atom stereocenters. The topological polar surface area (TPSA) is 88.4 Å². The number of aryl methyl sites for hydroxylation is 1. The second kappa shape index (κ2) is 8.20. The average Bonchev–Trinajstić information content (AvgIpc) is 3.21. The van der Waals surface area contributed by atoms with Crippen molar-refractivity contribution >= 4 is 21.6 Å². The fourth-order valence-corrected chi connectivity index (χ4v) is 3.59. The van der Waals surface area contributed by atoms with E-state index in [9.17, 15) is 13.2 Å². The third kappa shape index (κ3) is 4.64. The number of carbonyl (C=O) groups excluding carboxylic acids is 1. The van der Waals surface area contributed by atoms with Gasteiger partial charge in [-0.3, -0.25) is 4.79 Å². The zero-order valence-corrected chi connectivity index (χ0v) is 15.6. The number of nitrogens with one attached hydrogen (secondary N) is 2. The van der Waals surface area contributed by atoms with Gasteiger partial charge >= 0.3 is 0 Å². The standard InChI is InChI=1S/C20H20N2O4S/c1-2-15-6-3-4-8-19(15)22-20(23)16-9-11-18(12-10-16)27(24,25)21-14-17-7-5-13-26-17/h3-13,21H,2,14H2,1H3,(H,22,23). The highest BCUT2D eigenvalue weighted by molar-refractivity contribution is 7.89. The third-order valence-corrected chi connectivity index (χ3v) is 5.51. The summed E-state index contributed by atoms with van der Waals surface area (Å²) in [4.78, 5) is 12.5. The molecular weight excluding hydrogens is 364 g/mol. The molecule has 0 saturated carbocycles. The Labute approximate surface area is 158 Å². The molecule has 0 spiro atoms. The maximum absolute atomic E-state index is 12.4. The molecule has 0 saturated heterocycles. The number of para-hydroxylation sites is 1. The van der Waals surface area contributed by atoms with Crippen molar-refractivity contribution in [3.8, 4) is 0 Å². The minimum atomic E-state index is -3.69. The number of hydrogen-bond acceptors (Lipinski definition) is 4. The molecule has 140 valence electrons. The van der Waals surface area contributed by atoms with Crippen molar-refractivity contribution in [2.45, 2.75) is 24.8 Å². The van der Waals surface area contributed by atoms with Crippen molar-refractivity contribution in [2.24, 2.45) is 0 Å². The van der Waals surface area contributed by atoms with Crippen LogP contribution in [-0.4, -0.2) is 14.3 Å². The van der Waals surface area contributed by atoms with E-state index in [1.54, 1.807) is 12.1 Å². The summed E-state index contributed by atoms with van der Waals surface area (Å²) < 4.78 is 32.2. The monoisotopic (exact) mass is 384 g/mol. The number of hydrogen-bond donors (Lipinski definition) is 2. The van der Waals surface area contributed by atoms with Crippen molar-refractivity contribution in [3.63, 3.8) is 0 Å². The van der Waals surface area contributed by atoms with E-state index in [1.165, 1.54) is 30.5 Å². The lowest BCUT2D eigenvalue weighted by Gasteiger charge is -2.10. The predicted molar refractivity (Wildman–Crippen MR) is 103 cm³/mol. The van der Waals surface area contributed by atoms with Gasteiger partial charge in [0.05, 0.1) is 17.7 Å². The first-order valence-electron chi connectivity index (χ1n) is 8.51. The van der Waals surface area contributed by atoms with Gasteiger partial charge in [-0.15, -0.1) is 0 Å². The number of sulfonamides is 1. The number of furan rings is 1. The molecule has 6 nitrogen and oxygen atoms in total. The molecule has 2 N–H and O–H groups in total. The Kier molecular flexibility index (Phi) is 5.73. The number of carbonyl (C=O) groups is 1. The zero-order chi connectivity index (χ0) is 19.3. The fourth-order valence-electron chi connectivity index (χ4n) is 2.59. The van der Waals surface area contributed by atoms with Gasteiger partial charge in [0.25, 0.3) is 5.91 Å². The van der Waals surface area contributed by atoms with Crippen molar-refractivity contribution in [2.75, 3.05) is 5.32 Å². The smallest absolute Gasteiger partial charge is 0.255 e. The highest BCUT2D eigenvalue weighted by Gasteiger charge is 2.16. The van der Waals surface area contributed by atoms with Gasteiger partial charge in [0.15, 0.2) is 0 Å². The van der Waals surface area contributed by atoms with Crippen LogP contribution in [0.25, 0.3) is 0 Å². The van der Waals surface area contributed by atoms with Crippen molar-refractivity contribution < 1.29 is 17.6 Å². The fraction of sp³-hybridized carbons (Fsp3) is 0.150. The van der Waals surface area contributed by atoms with E-state index >= 15 is 0 Å². The molecule has 0 aliphatic carbocycles. The molecule has 1 aromatic heterocycles. The molecule has 2 aromatic carbocycles. The van der Waals surface area contributed by atoms with Crippen molar-refractivity contribution in [1.82, 2.24) is 4.72 Å². The predicted octanol–water partition coefficient (Wildman–Crippen LogP) is 3.57. The van der Waals surface area contributed by atoms with Gasteiger partial charge in [0.2, 0.25) is 10.0 Å². The summed E-state index contributed by atoms with van der Waals surface area (Å²) in [7, 11) is -3.69. The first kappa shape index (κ1) is 18.9. The Morgan fingerprint density at radius 1 is 1.00 bits per heavy atom. The Hall–Kier alpha value is -2.90. The summed E-state index contributed by atoms with van der Waals surface area (Å²) >= 11 is 0. The summed E-state index contributed by atoms with van der Waals surface area (Å²) in [5, 5.41) is 2.86. The summed E-state index contributed by atoms with van der Waals surface area (Å²) in [6, 6.07) is 16.7. The molecule has 0 fully saturated rings. The molecular formula is C20H20N2O4S. The first-order chi connectivity index (χ1) is 13.0. The first-order valence-corrected chi connectivity index (χ1v) is 9.99. The van der Waals surface area contributed by atoms with E-state index in [2.05, 4.69) is 10.0 Å². The molecule has 7 heteroatoms. The van der Waals surface area contributed by atoms with Gasteiger partial charge in [-0.2, -0.15) is 0 Å². The number of rotatable bonds is 7. The van der Waals surface area contributed by atoms with E-state index in [4.69, 9.17) is 4.42 Å². The van der Waals surface area contributed by atoms with Crippen molar-refractivity contribution in [3.05, 3.63) is 83.8 Å². The molecule has 0 unspecified atom stereocenters. The van der Waals surface area contributed by atoms with Gasteiger partial charge in [-0.1, -0.05) is 25.1 Å². The van der Waals surface area contributed by atoms with Gasteiger partial charge in [-0.05, 0) is 54.4 Å². The van der Waals surface area contributed by atoms with Crippen LogP contribution in [0.5, 0.6) is 0 Å². The normalized spacial score (nSPS) is 11.3. The van der Waals surface area contributed by atoms with Gasteiger partial charge in [0, 0.05) is 11.3 Å². The summed E-state index contributed by atoms with van der Waals surface area (Å²) in [6.45, 7) is 2.08. The Morgan fingerprint density at radius 2 is 1.74 bits per heavy atom. The van der Waals surface area contributed by atoms with Crippen LogP contribution in [-0.2, 0) is 23.0 Å². The minimum absolute atomic E-state index is 0.0609. The van der Waals surface area contributed by atoms with Crippen molar-refractivity contribution in [1.29, 1.82) is 0 Å². The Morgan fingerprint density at radius 3 is 2.41 bits per heavy atom. The largest absolute Gasteiger partial charge is 0.468 e. The van der Waals surface area contributed by atoms with Gasteiger partial charge in [0.1, 0.15) is 5.76 Å². The van der Waals surface area contributed by atoms with Crippen LogP contribution < -0.4 is 10.0 Å². The minimum Gasteiger partial charge on any atom is -0.468 e. The van der Waals surface area contributed by atoms with Crippen LogP contribution in [0, 0.1) is 0 Å². The maximum atomic E-state index is 12.4. The lowest BCUT2D eigenvalue weighted by molar-refractivity contribution is 0.102. The second-order valence-electron chi connectivity index (χ2n) is 5.89. The van der Waals surface area contributed by atoms with Crippen LogP contribution >= 0.6 is 0 Å². The third-order valence-electron chi connectivity index (χ3n) is 4.09. The van der Waals surface area contributed by atoms with Gasteiger partial charge < -0.3 is 9.73 Å². The summed E-state index contributed by atoms with van der Waals surface area (Å²) in [5.41, 5.74) is 2.17. The Bertz CT molecular complexity index is 1010. The molecule has 3 rings (SSSR count). The van der Waals surface area contributed by atoms with Crippen LogP contribution in [0.4, 0.5) is 5.69 Å². The van der Waals surface area contributed by atoms with E-state index in [1.807, 2.05) is 31.2 Å². The van der Waals surface area contributed by atoms with E-state index in [0.29, 0.717) is 11.3 Å². The number of benzene rings is 2. The molecule has 0 bridgehead atoms. The van der Waals surface area contributed by atoms with Crippen LogP contribution in [0.2, 0.25) is 0 Å². The SMILES string of the molecule is CCc1ccccc1NC(=O)c1ccc(S(=O)(=O)NCc2ccco2)cc1. The highest BCUT2D eigenvalue weighted by atomic mass is 32.2. The Balaban J connectivity index is 1.69. The molecule has 0 aliphatic heterocycles. The van der Waals surface area contributed by atoms with Crippen LogP contribution in [0.15, 0.2) is 76.2 Å². The lowest BCUT2D eigenvalue weighted by Crippen LogP contribution is -2.23. The number of anilines is 1. The summed E-state index contributed by atoms with van der Waals surface area (Å²) in [5.74, 6) is 0.229. The highest BCUT2D eigenvalue weighted by Crippen LogP contribution is 2.18. The van der Waals surface area contributed by atoms with Crippen LogP contribution in [0.3, 0.4) is 0 Å². The molecule has 27 heavy (non-hydrogen) atoms. The molecule has 3 aromatic rings. The van der Waals surface area contributed by atoms with Gasteiger partial charge in [-0.25, -0.2) is 13.1 Å². The molecule has 0 aliphatic rings. The lowest BCUT2D eigenvalue weighted by atomic mass is 10.1. The van der Waals surface area contributed by atoms with E-state index in [-0.39, 0.29) is 17.3 Å². The molecule has 0 radical (unpaired) electrons. The molecule has 1 heterocycles. The average molecular weight is 384 g/mol. The maximum Gasteiger partial charge on any atom is 0.255 e. The number of amides is 1. The van der Waals surface area contributed by atoms with E-state index in [0.717, 1.165) is 17.7 Å². The van der Waals surface area contributed by atoms with E-state index < -0.39 is 10.0 Å². The van der Waals surface area contributed by atoms with Crippen LogP contribution in [0.1, 0.15) is 28.6 Å². The quantitative estimate of drug-likeness (QED) is 0.652. The second-order valence-corrected chi connectivity index (χ2v) is 7.66. The zero-order valence-electron chi connectivity index (χ0n) is 14.8. The molecule has 1 amide bonds.